The van der Waals surface area contributed by atoms with E-state index in [1.807, 2.05) is 38.1 Å². The maximum absolute atomic E-state index is 13.4. The Hall–Kier alpha value is -3.36. The Kier molecular flexibility index (Phi) is 10.6. The second-order valence-electron chi connectivity index (χ2n) is 10.4. The summed E-state index contributed by atoms with van der Waals surface area (Å²) in [5.41, 5.74) is 2.20. The van der Waals surface area contributed by atoms with E-state index in [1.54, 1.807) is 23.1 Å². The predicted molar refractivity (Wildman–Crippen MR) is 155 cm³/mol. The molecule has 2 aromatic carbocycles. The van der Waals surface area contributed by atoms with Gasteiger partial charge in [-0.1, -0.05) is 32.4 Å². The van der Waals surface area contributed by atoms with Crippen LogP contribution in [0.4, 0.5) is 0 Å². The van der Waals surface area contributed by atoms with E-state index in [1.165, 1.54) is 0 Å². The summed E-state index contributed by atoms with van der Waals surface area (Å²) in [4.78, 5) is 30.7. The third-order valence-corrected chi connectivity index (χ3v) is 7.39. The molecular weight excluding hydrogens is 508 g/mol. The molecule has 4 rings (SSSR count). The minimum absolute atomic E-state index is 0.109. The van der Waals surface area contributed by atoms with Gasteiger partial charge >= 0.3 is 0 Å². The molecular formula is C32H42N2O6. The largest absolute Gasteiger partial charge is 0.507 e. The molecule has 2 heterocycles. The molecule has 8 nitrogen and oxygen atoms in total. The van der Waals surface area contributed by atoms with Crippen molar-refractivity contribution >= 4 is 17.4 Å². The quantitative estimate of drug-likeness (QED) is 0.161. The van der Waals surface area contributed by atoms with Crippen LogP contribution in [0.1, 0.15) is 62.3 Å². The molecule has 2 aliphatic rings. The first-order valence-electron chi connectivity index (χ1n) is 14.5. The van der Waals surface area contributed by atoms with Gasteiger partial charge in [-0.05, 0) is 67.6 Å². The van der Waals surface area contributed by atoms with E-state index in [0.29, 0.717) is 45.0 Å². The van der Waals surface area contributed by atoms with Crippen molar-refractivity contribution in [3.05, 3.63) is 64.7 Å². The second kappa shape index (κ2) is 14.3. The lowest BCUT2D eigenvalue weighted by molar-refractivity contribution is -0.140. The molecule has 2 saturated heterocycles. The highest BCUT2D eigenvalue weighted by molar-refractivity contribution is 6.46. The molecule has 8 heteroatoms. The minimum atomic E-state index is -0.689. The summed E-state index contributed by atoms with van der Waals surface area (Å²) in [5, 5.41) is 11.5. The summed E-state index contributed by atoms with van der Waals surface area (Å²) >= 11 is 0. The van der Waals surface area contributed by atoms with E-state index in [9.17, 15) is 14.7 Å². The summed E-state index contributed by atoms with van der Waals surface area (Å²) in [6, 6.07) is 12.1. The first-order chi connectivity index (χ1) is 19.4. The lowest BCUT2D eigenvalue weighted by Gasteiger charge is -2.29. The number of rotatable bonds is 13. The zero-order chi connectivity index (χ0) is 28.5. The van der Waals surface area contributed by atoms with Crippen molar-refractivity contribution < 1.29 is 28.9 Å². The highest BCUT2D eigenvalue weighted by Crippen LogP contribution is 2.40. The number of nitrogens with zero attached hydrogens (tertiary/aromatic N) is 2. The zero-order valence-corrected chi connectivity index (χ0v) is 24.0. The van der Waals surface area contributed by atoms with E-state index in [0.717, 1.165) is 61.5 Å². The molecule has 40 heavy (non-hydrogen) atoms. The monoisotopic (exact) mass is 550 g/mol. The van der Waals surface area contributed by atoms with Crippen molar-refractivity contribution in [3.8, 4) is 11.5 Å². The fourth-order valence-electron chi connectivity index (χ4n) is 5.15. The van der Waals surface area contributed by atoms with Crippen molar-refractivity contribution in [1.82, 2.24) is 9.80 Å². The van der Waals surface area contributed by atoms with Crippen LogP contribution in [0.25, 0.3) is 5.76 Å². The molecule has 2 aliphatic heterocycles. The summed E-state index contributed by atoms with van der Waals surface area (Å²) in [6.45, 7) is 11.6. The standard InChI is InChI=1S/C32H42N2O6/c1-4-6-19-39-26-11-8-24(9-12-26)29-28(30(35)25-10-13-27(23(3)22-25)40-18-5-2)31(36)32(37)34(29)15-7-14-33-16-20-38-21-17-33/h8-13,22,29,35H,4-7,14-21H2,1-3H3/b30-28+. The average molecular weight is 551 g/mol. The third kappa shape index (κ3) is 7.04. The number of hydrogen-bond donors (Lipinski definition) is 1. The normalized spacial score (nSPS) is 19.3. The number of ketones is 1. The number of ether oxygens (including phenoxy) is 3. The smallest absolute Gasteiger partial charge is 0.295 e. The van der Waals surface area contributed by atoms with Gasteiger partial charge in [0.2, 0.25) is 0 Å². The van der Waals surface area contributed by atoms with E-state index in [-0.39, 0.29) is 11.3 Å². The lowest BCUT2D eigenvalue weighted by Crippen LogP contribution is -2.38. The zero-order valence-electron chi connectivity index (χ0n) is 24.0. The van der Waals surface area contributed by atoms with Crippen LogP contribution in [0.5, 0.6) is 11.5 Å². The predicted octanol–water partition coefficient (Wildman–Crippen LogP) is 5.11. The molecule has 0 bridgehead atoms. The van der Waals surface area contributed by atoms with Crippen LogP contribution >= 0.6 is 0 Å². The first kappa shape index (κ1) is 29.6. The third-order valence-electron chi connectivity index (χ3n) is 7.39. The fourth-order valence-corrected chi connectivity index (χ4v) is 5.15. The summed E-state index contributed by atoms with van der Waals surface area (Å²) in [5.74, 6) is 0.0434. The number of aliphatic hydroxyl groups excluding tert-OH is 1. The Morgan fingerprint density at radius 3 is 2.38 bits per heavy atom. The van der Waals surface area contributed by atoms with Crippen molar-refractivity contribution in [2.75, 3.05) is 52.6 Å². The number of benzene rings is 2. The number of likely N-dealkylation sites (tertiary alicyclic amines) is 1. The summed E-state index contributed by atoms with van der Waals surface area (Å²) in [7, 11) is 0. The highest BCUT2D eigenvalue weighted by atomic mass is 16.5. The lowest BCUT2D eigenvalue weighted by atomic mass is 9.94. The number of aryl methyl sites for hydroxylation is 1. The van der Waals surface area contributed by atoms with Crippen molar-refractivity contribution in [2.45, 2.75) is 52.5 Å². The average Bonchev–Trinajstić information content (AvgIpc) is 3.22. The van der Waals surface area contributed by atoms with Gasteiger partial charge in [0.05, 0.1) is 38.0 Å². The number of Topliss-reactive ketones (excluding diaryl/α,β-unsaturated/α-hetero) is 1. The van der Waals surface area contributed by atoms with Gasteiger partial charge in [-0.15, -0.1) is 0 Å². The topological polar surface area (TPSA) is 88.5 Å². The van der Waals surface area contributed by atoms with Gasteiger partial charge in [0.15, 0.2) is 0 Å². The van der Waals surface area contributed by atoms with Crippen LogP contribution in [0, 0.1) is 6.92 Å². The highest BCUT2D eigenvalue weighted by Gasteiger charge is 2.45. The van der Waals surface area contributed by atoms with Crippen molar-refractivity contribution in [3.63, 3.8) is 0 Å². The molecule has 2 aromatic rings. The number of amides is 1. The van der Waals surface area contributed by atoms with Gasteiger partial charge in [-0.25, -0.2) is 0 Å². The van der Waals surface area contributed by atoms with E-state index in [4.69, 9.17) is 14.2 Å². The Morgan fingerprint density at radius 1 is 0.950 bits per heavy atom. The van der Waals surface area contributed by atoms with Crippen LogP contribution in [-0.2, 0) is 14.3 Å². The van der Waals surface area contributed by atoms with E-state index < -0.39 is 17.7 Å². The molecule has 0 aliphatic carbocycles. The SMILES string of the molecule is CCCCOc1ccc(C2/C(=C(\O)c3ccc(OCCC)c(C)c3)C(=O)C(=O)N2CCCN2CCOCC2)cc1. The van der Waals surface area contributed by atoms with Gasteiger partial charge in [0, 0.05) is 31.7 Å². The molecule has 0 radical (unpaired) electrons. The Bertz CT molecular complexity index is 1190. The Labute approximate surface area is 237 Å². The molecule has 1 amide bonds. The Balaban J connectivity index is 1.64. The molecule has 0 aromatic heterocycles. The van der Waals surface area contributed by atoms with Gasteiger partial charge in [0.25, 0.3) is 11.7 Å². The fraction of sp³-hybridized carbons (Fsp3) is 0.500. The number of carbonyl (C=O) groups is 2. The molecule has 0 saturated carbocycles. The van der Waals surface area contributed by atoms with E-state index >= 15 is 0 Å². The molecule has 1 unspecified atom stereocenters. The van der Waals surface area contributed by atoms with Crippen LogP contribution in [0.2, 0.25) is 0 Å². The summed E-state index contributed by atoms with van der Waals surface area (Å²) in [6.07, 6.45) is 3.61. The molecule has 0 spiro atoms. The van der Waals surface area contributed by atoms with Gasteiger partial charge < -0.3 is 24.2 Å². The molecule has 2 fully saturated rings. The first-order valence-corrected chi connectivity index (χ1v) is 14.5. The van der Waals surface area contributed by atoms with Crippen molar-refractivity contribution in [1.29, 1.82) is 0 Å². The van der Waals surface area contributed by atoms with Crippen LogP contribution in [0.15, 0.2) is 48.0 Å². The minimum Gasteiger partial charge on any atom is -0.507 e. The number of aliphatic hydroxyl groups is 1. The second-order valence-corrected chi connectivity index (χ2v) is 10.4. The number of hydrogen-bond acceptors (Lipinski definition) is 7. The summed E-state index contributed by atoms with van der Waals surface area (Å²) < 4.78 is 17.0. The van der Waals surface area contributed by atoms with Gasteiger partial charge in [-0.3, -0.25) is 14.5 Å². The Morgan fingerprint density at radius 2 is 1.70 bits per heavy atom. The van der Waals surface area contributed by atoms with Gasteiger partial charge in [-0.2, -0.15) is 0 Å². The number of unbranched alkanes of at least 4 members (excludes halogenated alkanes) is 1. The molecule has 1 atom stereocenters. The maximum Gasteiger partial charge on any atom is 0.295 e. The van der Waals surface area contributed by atoms with Gasteiger partial charge in [0.1, 0.15) is 17.3 Å². The number of morpholine rings is 1. The van der Waals surface area contributed by atoms with Crippen molar-refractivity contribution in [2.24, 2.45) is 0 Å². The van der Waals surface area contributed by atoms with Crippen LogP contribution in [-0.4, -0.2) is 79.2 Å². The molecule has 1 N–H and O–H groups in total. The number of carbonyl (C=O) groups excluding carboxylic acids is 2. The maximum atomic E-state index is 13.4. The van der Waals surface area contributed by atoms with Crippen LogP contribution < -0.4 is 9.47 Å². The van der Waals surface area contributed by atoms with E-state index in [2.05, 4.69) is 11.8 Å². The van der Waals surface area contributed by atoms with Crippen LogP contribution in [0.3, 0.4) is 0 Å². The molecule has 216 valence electrons.